The summed E-state index contributed by atoms with van der Waals surface area (Å²) < 4.78 is 15.2. The molecule has 1 unspecified atom stereocenters. The number of pyridine rings is 1. The molecule has 22 heavy (non-hydrogen) atoms. The molecule has 3 aromatic rings. The second kappa shape index (κ2) is 4.94. The van der Waals surface area contributed by atoms with E-state index in [-0.39, 0.29) is 11.6 Å². The van der Waals surface area contributed by atoms with E-state index >= 15 is 0 Å². The normalized spacial score (nSPS) is 18.2. The standard InChI is InChI=1S/C15H14FN5O/c16-10-8-11(15(22)17-9-10)12-2-1-6-20(12)13-4-7-21-14(19-13)3-5-18-21/h3-5,7-9,12H,1-2,6H2,(H,17,22). The predicted molar refractivity (Wildman–Crippen MR) is 79.3 cm³/mol. The van der Waals surface area contributed by atoms with Crippen LogP contribution in [0.5, 0.6) is 0 Å². The zero-order valence-electron chi connectivity index (χ0n) is 11.7. The Morgan fingerprint density at radius 1 is 1.36 bits per heavy atom. The highest BCUT2D eigenvalue weighted by atomic mass is 19.1. The molecular formula is C15H14FN5O. The first-order valence-electron chi connectivity index (χ1n) is 7.17. The first-order chi connectivity index (χ1) is 10.7. The topological polar surface area (TPSA) is 66.3 Å². The summed E-state index contributed by atoms with van der Waals surface area (Å²) in [7, 11) is 0. The van der Waals surface area contributed by atoms with Gasteiger partial charge in [0.05, 0.1) is 12.2 Å². The summed E-state index contributed by atoms with van der Waals surface area (Å²) in [6.45, 7) is 0.790. The fraction of sp³-hybridized carbons (Fsp3) is 0.267. The first-order valence-corrected chi connectivity index (χ1v) is 7.17. The van der Waals surface area contributed by atoms with Crippen molar-refractivity contribution in [2.24, 2.45) is 0 Å². The van der Waals surface area contributed by atoms with Gasteiger partial charge in [-0.3, -0.25) is 4.79 Å². The predicted octanol–water partition coefficient (Wildman–Crippen LogP) is 1.90. The van der Waals surface area contributed by atoms with Crippen LogP contribution in [-0.4, -0.2) is 26.1 Å². The lowest BCUT2D eigenvalue weighted by Gasteiger charge is -2.25. The molecule has 0 radical (unpaired) electrons. The van der Waals surface area contributed by atoms with Gasteiger partial charge in [0.15, 0.2) is 5.65 Å². The molecule has 1 fully saturated rings. The lowest BCUT2D eigenvalue weighted by Crippen LogP contribution is -2.28. The van der Waals surface area contributed by atoms with E-state index in [1.165, 1.54) is 6.07 Å². The maximum absolute atomic E-state index is 13.5. The van der Waals surface area contributed by atoms with E-state index in [1.807, 2.05) is 18.3 Å². The van der Waals surface area contributed by atoms with E-state index in [0.29, 0.717) is 5.56 Å². The average Bonchev–Trinajstić information content (AvgIpc) is 3.17. The summed E-state index contributed by atoms with van der Waals surface area (Å²) in [6, 6.07) is 4.85. The Bertz CT molecular complexity index is 887. The first kappa shape index (κ1) is 13.0. The maximum atomic E-state index is 13.5. The summed E-state index contributed by atoms with van der Waals surface area (Å²) in [4.78, 5) is 21.1. The number of fused-ring (bicyclic) bond motifs is 1. The van der Waals surface area contributed by atoms with Crippen LogP contribution in [0.2, 0.25) is 0 Å². The fourth-order valence-electron chi connectivity index (χ4n) is 3.05. The van der Waals surface area contributed by atoms with E-state index in [0.717, 1.165) is 37.0 Å². The maximum Gasteiger partial charge on any atom is 0.253 e. The van der Waals surface area contributed by atoms with Gasteiger partial charge in [-0.25, -0.2) is 13.9 Å². The third-order valence-electron chi connectivity index (χ3n) is 4.05. The van der Waals surface area contributed by atoms with Gasteiger partial charge in [-0.1, -0.05) is 0 Å². The molecule has 1 aliphatic heterocycles. The summed E-state index contributed by atoms with van der Waals surface area (Å²) in [5.41, 5.74) is 0.952. The minimum atomic E-state index is -0.430. The van der Waals surface area contributed by atoms with Crippen molar-refractivity contribution in [1.29, 1.82) is 0 Å². The summed E-state index contributed by atoms with van der Waals surface area (Å²) in [6.07, 6.45) is 6.35. The smallest absolute Gasteiger partial charge is 0.253 e. The Kier molecular flexibility index (Phi) is 2.92. The fourth-order valence-corrected chi connectivity index (χ4v) is 3.05. The number of hydrogen-bond acceptors (Lipinski definition) is 4. The molecule has 0 aromatic carbocycles. The lowest BCUT2D eigenvalue weighted by molar-refractivity contribution is 0.607. The number of nitrogens with one attached hydrogen (secondary N) is 1. The van der Waals surface area contributed by atoms with Gasteiger partial charge in [-0.15, -0.1) is 0 Å². The van der Waals surface area contributed by atoms with Crippen LogP contribution in [0, 0.1) is 5.82 Å². The van der Waals surface area contributed by atoms with Crippen LogP contribution in [0.4, 0.5) is 10.2 Å². The van der Waals surface area contributed by atoms with Gasteiger partial charge in [0.25, 0.3) is 5.56 Å². The largest absolute Gasteiger partial charge is 0.349 e. The van der Waals surface area contributed by atoms with E-state index in [2.05, 4.69) is 20.0 Å². The molecule has 0 spiro atoms. The van der Waals surface area contributed by atoms with Crippen LogP contribution in [0.25, 0.3) is 5.65 Å². The van der Waals surface area contributed by atoms with Crippen LogP contribution in [0.1, 0.15) is 24.4 Å². The second-order valence-corrected chi connectivity index (χ2v) is 5.37. The minimum Gasteiger partial charge on any atom is -0.349 e. The Hall–Kier alpha value is -2.70. The van der Waals surface area contributed by atoms with Crippen molar-refractivity contribution in [3.05, 3.63) is 58.5 Å². The Morgan fingerprint density at radius 2 is 2.27 bits per heavy atom. The van der Waals surface area contributed by atoms with Gasteiger partial charge in [0.1, 0.15) is 11.6 Å². The molecule has 112 valence electrons. The van der Waals surface area contributed by atoms with Crippen molar-refractivity contribution in [2.45, 2.75) is 18.9 Å². The molecule has 6 nitrogen and oxygen atoms in total. The van der Waals surface area contributed by atoms with Crippen LogP contribution < -0.4 is 10.5 Å². The monoisotopic (exact) mass is 299 g/mol. The number of aromatic nitrogens is 4. The highest BCUT2D eigenvalue weighted by molar-refractivity contribution is 5.49. The van der Waals surface area contributed by atoms with E-state index in [1.54, 1.807) is 10.7 Å². The molecular weight excluding hydrogens is 285 g/mol. The summed E-state index contributed by atoms with van der Waals surface area (Å²) in [5.74, 6) is 0.347. The van der Waals surface area contributed by atoms with Crippen molar-refractivity contribution in [3.8, 4) is 0 Å². The summed E-state index contributed by atoms with van der Waals surface area (Å²) in [5, 5.41) is 4.12. The number of halogens is 1. The molecule has 1 aliphatic rings. The van der Waals surface area contributed by atoms with E-state index in [9.17, 15) is 9.18 Å². The molecule has 3 aromatic heterocycles. The van der Waals surface area contributed by atoms with Crippen molar-refractivity contribution in [2.75, 3.05) is 11.4 Å². The average molecular weight is 299 g/mol. The Labute approximate surface area is 125 Å². The van der Waals surface area contributed by atoms with Crippen molar-refractivity contribution >= 4 is 11.5 Å². The van der Waals surface area contributed by atoms with E-state index < -0.39 is 5.82 Å². The molecule has 4 heterocycles. The molecule has 1 saturated heterocycles. The number of hydrogen-bond donors (Lipinski definition) is 1. The zero-order valence-corrected chi connectivity index (χ0v) is 11.7. The van der Waals surface area contributed by atoms with Crippen LogP contribution in [-0.2, 0) is 0 Å². The van der Waals surface area contributed by atoms with Gasteiger partial charge in [-0.05, 0) is 25.0 Å². The van der Waals surface area contributed by atoms with Gasteiger partial charge >= 0.3 is 0 Å². The molecule has 1 atom stereocenters. The Balaban J connectivity index is 1.77. The van der Waals surface area contributed by atoms with Crippen LogP contribution in [0.15, 0.2) is 41.6 Å². The molecule has 0 aliphatic carbocycles. The lowest BCUT2D eigenvalue weighted by atomic mass is 10.1. The highest BCUT2D eigenvalue weighted by Gasteiger charge is 2.29. The molecule has 0 saturated carbocycles. The van der Waals surface area contributed by atoms with Gasteiger partial charge in [-0.2, -0.15) is 5.10 Å². The number of aromatic amines is 1. The highest BCUT2D eigenvalue weighted by Crippen LogP contribution is 2.33. The minimum absolute atomic E-state index is 0.155. The van der Waals surface area contributed by atoms with Crippen LogP contribution in [0.3, 0.4) is 0 Å². The second-order valence-electron chi connectivity index (χ2n) is 5.37. The molecule has 1 N–H and O–H groups in total. The zero-order chi connectivity index (χ0) is 15.1. The van der Waals surface area contributed by atoms with Gasteiger partial charge in [0, 0.05) is 30.6 Å². The number of H-pyrrole nitrogens is 1. The van der Waals surface area contributed by atoms with Crippen molar-refractivity contribution < 1.29 is 4.39 Å². The van der Waals surface area contributed by atoms with Crippen molar-refractivity contribution in [1.82, 2.24) is 19.6 Å². The van der Waals surface area contributed by atoms with Crippen molar-refractivity contribution in [3.63, 3.8) is 0 Å². The SMILES string of the molecule is O=c1[nH]cc(F)cc1C1CCCN1c1ccn2nccc2n1. The molecule has 0 amide bonds. The molecule has 0 bridgehead atoms. The number of nitrogens with zero attached hydrogens (tertiary/aromatic N) is 4. The quantitative estimate of drug-likeness (QED) is 0.785. The third-order valence-corrected chi connectivity index (χ3v) is 4.05. The number of anilines is 1. The van der Waals surface area contributed by atoms with E-state index in [4.69, 9.17) is 0 Å². The van der Waals surface area contributed by atoms with Gasteiger partial charge < -0.3 is 9.88 Å². The van der Waals surface area contributed by atoms with Gasteiger partial charge in [0.2, 0.25) is 0 Å². The number of rotatable bonds is 2. The molecule has 7 heteroatoms. The Morgan fingerprint density at radius 3 is 3.18 bits per heavy atom. The van der Waals surface area contributed by atoms with Crippen LogP contribution >= 0.6 is 0 Å². The summed E-state index contributed by atoms with van der Waals surface area (Å²) >= 11 is 0. The third kappa shape index (κ3) is 2.05. The molecule has 4 rings (SSSR count).